The Morgan fingerprint density at radius 1 is 1.19 bits per heavy atom. The van der Waals surface area contributed by atoms with Gasteiger partial charge in [0.25, 0.3) is 0 Å². The van der Waals surface area contributed by atoms with E-state index in [4.69, 9.17) is 0 Å². The smallest absolute Gasteiger partial charge is 0.0702 e. The molecule has 0 aliphatic heterocycles. The number of aryl methyl sites for hydroxylation is 1. The molecule has 1 heterocycles. The van der Waals surface area contributed by atoms with Gasteiger partial charge in [0.15, 0.2) is 0 Å². The number of aliphatic hydroxyl groups is 1. The van der Waals surface area contributed by atoms with Crippen LogP contribution in [-0.4, -0.2) is 9.67 Å². The number of aromatic nitrogens is 1. The Kier molecular flexibility index (Phi) is 3.62. The van der Waals surface area contributed by atoms with Gasteiger partial charge in [0.05, 0.1) is 6.61 Å². The summed E-state index contributed by atoms with van der Waals surface area (Å²) in [6.45, 7) is 3.39. The normalized spacial score (nSPS) is 11.1. The molecular weight excluding hydrogens is 198 g/mol. The van der Waals surface area contributed by atoms with E-state index in [9.17, 15) is 5.11 Å². The average molecular weight is 217 g/mol. The number of fused-ring (bicyclic) bond motifs is 1. The Morgan fingerprint density at radius 3 is 2.75 bits per heavy atom. The number of rotatable bonds is 5. The van der Waals surface area contributed by atoms with Crippen LogP contribution in [0.3, 0.4) is 0 Å². The number of hydrogen-bond acceptors (Lipinski definition) is 1. The molecule has 2 heteroatoms. The largest absolute Gasteiger partial charge is 0.392 e. The minimum absolute atomic E-state index is 0.126. The lowest BCUT2D eigenvalue weighted by molar-refractivity contribution is 0.283. The summed E-state index contributed by atoms with van der Waals surface area (Å²) in [5.41, 5.74) is 2.27. The summed E-state index contributed by atoms with van der Waals surface area (Å²) in [5, 5.41) is 10.5. The maximum absolute atomic E-state index is 9.31. The van der Waals surface area contributed by atoms with E-state index in [1.54, 1.807) is 0 Å². The van der Waals surface area contributed by atoms with Gasteiger partial charge < -0.3 is 9.67 Å². The van der Waals surface area contributed by atoms with Gasteiger partial charge in [0, 0.05) is 29.2 Å². The van der Waals surface area contributed by atoms with Crippen LogP contribution in [0, 0.1) is 0 Å². The van der Waals surface area contributed by atoms with Gasteiger partial charge in [-0.05, 0) is 12.5 Å². The van der Waals surface area contributed by atoms with Gasteiger partial charge in [0.2, 0.25) is 0 Å². The highest BCUT2D eigenvalue weighted by Gasteiger charge is 2.06. The van der Waals surface area contributed by atoms with E-state index in [2.05, 4.69) is 35.9 Å². The Bertz CT molecular complexity index is 459. The van der Waals surface area contributed by atoms with Crippen molar-refractivity contribution in [2.24, 2.45) is 0 Å². The molecule has 0 aliphatic carbocycles. The third-order valence-electron chi connectivity index (χ3n) is 3.04. The molecule has 0 radical (unpaired) electrons. The van der Waals surface area contributed by atoms with Crippen LogP contribution >= 0.6 is 0 Å². The molecule has 0 spiro atoms. The van der Waals surface area contributed by atoms with Crippen LogP contribution in [-0.2, 0) is 13.2 Å². The van der Waals surface area contributed by atoms with Crippen molar-refractivity contribution >= 4 is 10.9 Å². The second-order valence-corrected chi connectivity index (χ2v) is 4.23. The monoisotopic (exact) mass is 217 g/mol. The van der Waals surface area contributed by atoms with Crippen molar-refractivity contribution < 1.29 is 5.11 Å². The molecule has 0 fully saturated rings. The fraction of sp³-hybridized carbons (Fsp3) is 0.429. The number of nitrogens with zero attached hydrogens (tertiary/aromatic N) is 1. The van der Waals surface area contributed by atoms with E-state index in [-0.39, 0.29) is 6.61 Å². The van der Waals surface area contributed by atoms with E-state index in [0.717, 1.165) is 12.1 Å². The third kappa shape index (κ3) is 2.12. The number of para-hydroxylation sites is 1. The Morgan fingerprint density at radius 2 is 2.00 bits per heavy atom. The topological polar surface area (TPSA) is 25.2 Å². The first-order valence-corrected chi connectivity index (χ1v) is 6.04. The van der Waals surface area contributed by atoms with E-state index >= 15 is 0 Å². The van der Waals surface area contributed by atoms with Crippen LogP contribution in [0.2, 0.25) is 0 Å². The summed E-state index contributed by atoms with van der Waals surface area (Å²) < 4.78 is 2.26. The second-order valence-electron chi connectivity index (χ2n) is 4.23. The molecule has 0 saturated carbocycles. The molecule has 0 saturated heterocycles. The predicted molar refractivity (Wildman–Crippen MR) is 67.4 cm³/mol. The first-order chi connectivity index (χ1) is 7.86. The minimum atomic E-state index is 0.126. The summed E-state index contributed by atoms with van der Waals surface area (Å²) in [6.07, 6.45) is 5.80. The van der Waals surface area contributed by atoms with Crippen molar-refractivity contribution in [3.63, 3.8) is 0 Å². The first-order valence-electron chi connectivity index (χ1n) is 6.04. The maximum atomic E-state index is 9.31. The molecule has 2 rings (SSSR count). The quantitative estimate of drug-likeness (QED) is 0.764. The van der Waals surface area contributed by atoms with Crippen molar-refractivity contribution in [2.75, 3.05) is 0 Å². The molecule has 0 amide bonds. The fourth-order valence-corrected chi connectivity index (χ4v) is 2.17. The van der Waals surface area contributed by atoms with Crippen molar-refractivity contribution in [3.05, 3.63) is 36.0 Å². The van der Waals surface area contributed by atoms with E-state index < -0.39 is 0 Å². The van der Waals surface area contributed by atoms with Crippen LogP contribution in [0.1, 0.15) is 31.7 Å². The highest BCUT2D eigenvalue weighted by atomic mass is 16.3. The Balaban J connectivity index is 2.30. The van der Waals surface area contributed by atoms with Crippen molar-refractivity contribution in [2.45, 2.75) is 39.3 Å². The fourth-order valence-electron chi connectivity index (χ4n) is 2.17. The van der Waals surface area contributed by atoms with Crippen molar-refractivity contribution in [3.8, 4) is 0 Å². The second kappa shape index (κ2) is 5.17. The first kappa shape index (κ1) is 11.2. The summed E-state index contributed by atoms with van der Waals surface area (Å²) in [4.78, 5) is 0. The van der Waals surface area contributed by atoms with E-state index in [1.165, 1.54) is 30.2 Å². The Hall–Kier alpha value is -1.28. The molecule has 16 heavy (non-hydrogen) atoms. The zero-order chi connectivity index (χ0) is 11.4. The Labute approximate surface area is 96.5 Å². The third-order valence-corrected chi connectivity index (χ3v) is 3.04. The molecule has 1 aromatic heterocycles. The van der Waals surface area contributed by atoms with Crippen LogP contribution in [0.4, 0.5) is 0 Å². The van der Waals surface area contributed by atoms with Gasteiger partial charge >= 0.3 is 0 Å². The SMILES string of the molecule is CCCCCn1cc(CO)c2ccccc21. The van der Waals surface area contributed by atoms with Gasteiger partial charge in [0.1, 0.15) is 0 Å². The number of benzene rings is 1. The number of unbranched alkanes of at least 4 members (excludes halogenated alkanes) is 2. The summed E-state index contributed by atoms with van der Waals surface area (Å²) in [6, 6.07) is 8.29. The van der Waals surface area contributed by atoms with Crippen LogP contribution in [0.25, 0.3) is 10.9 Å². The maximum Gasteiger partial charge on any atom is 0.0702 e. The average Bonchev–Trinajstić information content (AvgIpc) is 2.68. The van der Waals surface area contributed by atoms with E-state index in [1.807, 2.05) is 6.07 Å². The van der Waals surface area contributed by atoms with Gasteiger partial charge in [-0.1, -0.05) is 38.0 Å². The van der Waals surface area contributed by atoms with Crippen molar-refractivity contribution in [1.82, 2.24) is 4.57 Å². The number of aliphatic hydroxyl groups excluding tert-OH is 1. The summed E-state index contributed by atoms with van der Waals surface area (Å²) >= 11 is 0. The minimum Gasteiger partial charge on any atom is -0.392 e. The molecule has 0 aliphatic rings. The van der Waals surface area contributed by atoms with Gasteiger partial charge in [-0.3, -0.25) is 0 Å². The van der Waals surface area contributed by atoms with Crippen LogP contribution < -0.4 is 0 Å². The summed E-state index contributed by atoms with van der Waals surface area (Å²) in [5.74, 6) is 0. The van der Waals surface area contributed by atoms with Gasteiger partial charge in [-0.15, -0.1) is 0 Å². The molecule has 0 unspecified atom stereocenters. The van der Waals surface area contributed by atoms with Gasteiger partial charge in [-0.25, -0.2) is 0 Å². The predicted octanol–water partition coefficient (Wildman–Crippen LogP) is 3.32. The molecule has 2 aromatic rings. The molecule has 1 N–H and O–H groups in total. The van der Waals surface area contributed by atoms with Crippen LogP contribution in [0.15, 0.2) is 30.5 Å². The van der Waals surface area contributed by atoms with Gasteiger partial charge in [-0.2, -0.15) is 0 Å². The lowest BCUT2D eigenvalue weighted by Crippen LogP contribution is -1.95. The molecule has 86 valence electrons. The molecule has 1 aromatic carbocycles. The molecule has 0 bridgehead atoms. The zero-order valence-electron chi connectivity index (χ0n) is 9.82. The highest BCUT2D eigenvalue weighted by molar-refractivity contribution is 5.83. The lowest BCUT2D eigenvalue weighted by atomic mass is 10.2. The molecule has 0 atom stereocenters. The molecular formula is C14H19NO. The van der Waals surface area contributed by atoms with Crippen LogP contribution in [0.5, 0.6) is 0 Å². The summed E-state index contributed by atoms with van der Waals surface area (Å²) in [7, 11) is 0. The standard InChI is InChI=1S/C14H19NO/c1-2-3-6-9-15-10-12(11-16)13-7-4-5-8-14(13)15/h4-5,7-8,10,16H,2-3,6,9,11H2,1H3. The lowest BCUT2D eigenvalue weighted by Gasteiger charge is -2.03. The highest BCUT2D eigenvalue weighted by Crippen LogP contribution is 2.21. The zero-order valence-corrected chi connectivity index (χ0v) is 9.82. The molecule has 2 nitrogen and oxygen atoms in total. The van der Waals surface area contributed by atoms with Crippen molar-refractivity contribution in [1.29, 1.82) is 0 Å². The van der Waals surface area contributed by atoms with E-state index in [0.29, 0.717) is 0 Å². The number of hydrogen-bond donors (Lipinski definition) is 1.